The van der Waals surface area contributed by atoms with Gasteiger partial charge in [-0.1, -0.05) is 0 Å². The standard InChI is InChI=1S/C15H24N2O4S2/c1-3-23(18,19)17-10-15(11-17)13(5-7-21-15)4-6-20-8-14-9-22-12(2)16-14/h9,13H,3-8,10-11H2,1-2H3/t13-/m0/s1. The lowest BCUT2D eigenvalue weighted by atomic mass is 9.80. The minimum absolute atomic E-state index is 0.157. The number of hydrogen-bond donors (Lipinski definition) is 0. The lowest BCUT2D eigenvalue weighted by Gasteiger charge is -2.49. The van der Waals surface area contributed by atoms with E-state index in [4.69, 9.17) is 9.47 Å². The summed E-state index contributed by atoms with van der Waals surface area (Å²) in [5.74, 6) is 0.534. The number of aryl methyl sites for hydroxylation is 1. The molecule has 0 amide bonds. The molecule has 23 heavy (non-hydrogen) atoms. The molecule has 0 unspecified atom stereocenters. The van der Waals surface area contributed by atoms with Crippen molar-refractivity contribution >= 4 is 21.4 Å². The molecule has 1 aromatic heterocycles. The maximum Gasteiger partial charge on any atom is 0.214 e. The van der Waals surface area contributed by atoms with Crippen LogP contribution in [0.25, 0.3) is 0 Å². The summed E-state index contributed by atoms with van der Waals surface area (Å²) < 4.78 is 37.0. The van der Waals surface area contributed by atoms with Crippen molar-refractivity contribution in [1.82, 2.24) is 9.29 Å². The van der Waals surface area contributed by atoms with E-state index < -0.39 is 10.0 Å². The Morgan fingerprint density at radius 3 is 2.96 bits per heavy atom. The molecule has 6 nitrogen and oxygen atoms in total. The number of aromatic nitrogens is 1. The molecule has 3 heterocycles. The Morgan fingerprint density at radius 2 is 2.30 bits per heavy atom. The Morgan fingerprint density at radius 1 is 1.52 bits per heavy atom. The highest BCUT2D eigenvalue weighted by molar-refractivity contribution is 7.89. The first-order valence-corrected chi connectivity index (χ1v) is 10.5. The van der Waals surface area contributed by atoms with E-state index in [0.717, 1.165) is 30.2 Å². The van der Waals surface area contributed by atoms with E-state index in [1.807, 2.05) is 12.3 Å². The Hall–Kier alpha value is -0.540. The average Bonchev–Trinajstić information content (AvgIpc) is 3.08. The van der Waals surface area contributed by atoms with Crippen LogP contribution in [0.3, 0.4) is 0 Å². The molecular weight excluding hydrogens is 336 g/mol. The number of thiazole rings is 1. The second kappa shape index (κ2) is 6.76. The summed E-state index contributed by atoms with van der Waals surface area (Å²) >= 11 is 1.63. The highest BCUT2D eigenvalue weighted by Gasteiger charge is 2.55. The third-order valence-corrected chi connectivity index (χ3v) is 7.37. The molecule has 0 aliphatic carbocycles. The number of sulfonamides is 1. The van der Waals surface area contributed by atoms with Gasteiger partial charge in [0.1, 0.15) is 0 Å². The smallest absolute Gasteiger partial charge is 0.214 e. The second-order valence-electron chi connectivity index (χ2n) is 6.27. The van der Waals surface area contributed by atoms with Gasteiger partial charge in [-0.15, -0.1) is 11.3 Å². The van der Waals surface area contributed by atoms with E-state index in [2.05, 4.69) is 4.98 Å². The molecule has 1 atom stereocenters. The van der Waals surface area contributed by atoms with Crippen LogP contribution in [0.4, 0.5) is 0 Å². The van der Waals surface area contributed by atoms with Crippen molar-refractivity contribution in [1.29, 1.82) is 0 Å². The van der Waals surface area contributed by atoms with Gasteiger partial charge in [0.05, 0.1) is 28.7 Å². The molecule has 2 saturated heterocycles. The fraction of sp³-hybridized carbons (Fsp3) is 0.800. The van der Waals surface area contributed by atoms with Crippen LogP contribution >= 0.6 is 11.3 Å². The van der Waals surface area contributed by atoms with E-state index in [1.54, 1.807) is 22.6 Å². The van der Waals surface area contributed by atoms with Crippen molar-refractivity contribution in [2.45, 2.75) is 38.9 Å². The van der Waals surface area contributed by atoms with Crippen LogP contribution in [-0.4, -0.2) is 55.4 Å². The zero-order valence-electron chi connectivity index (χ0n) is 13.7. The highest BCUT2D eigenvalue weighted by atomic mass is 32.2. The molecule has 0 aromatic carbocycles. The predicted octanol–water partition coefficient (Wildman–Crippen LogP) is 1.80. The molecule has 0 bridgehead atoms. The average molecular weight is 361 g/mol. The maximum absolute atomic E-state index is 11.9. The Labute approximate surface area is 141 Å². The van der Waals surface area contributed by atoms with E-state index in [1.165, 1.54) is 0 Å². The minimum Gasteiger partial charge on any atom is -0.375 e. The van der Waals surface area contributed by atoms with Gasteiger partial charge in [-0.25, -0.2) is 13.4 Å². The van der Waals surface area contributed by atoms with Crippen LogP contribution in [0, 0.1) is 12.8 Å². The predicted molar refractivity (Wildman–Crippen MR) is 88.9 cm³/mol. The molecule has 0 radical (unpaired) electrons. The van der Waals surface area contributed by atoms with Crippen molar-refractivity contribution in [2.24, 2.45) is 5.92 Å². The summed E-state index contributed by atoms with van der Waals surface area (Å²) in [4.78, 5) is 4.38. The third-order valence-electron chi connectivity index (χ3n) is 4.77. The maximum atomic E-state index is 11.9. The van der Waals surface area contributed by atoms with Crippen LogP contribution in [0.1, 0.15) is 30.5 Å². The molecule has 2 fully saturated rings. The van der Waals surface area contributed by atoms with Gasteiger partial charge in [0.2, 0.25) is 10.0 Å². The quantitative estimate of drug-likeness (QED) is 0.694. The zero-order chi connectivity index (χ0) is 16.5. The lowest BCUT2D eigenvalue weighted by Crippen LogP contribution is -2.66. The van der Waals surface area contributed by atoms with Crippen molar-refractivity contribution in [3.05, 3.63) is 16.1 Å². The van der Waals surface area contributed by atoms with E-state index in [-0.39, 0.29) is 11.4 Å². The van der Waals surface area contributed by atoms with E-state index in [0.29, 0.717) is 32.2 Å². The summed E-state index contributed by atoms with van der Waals surface area (Å²) in [6.07, 6.45) is 1.89. The molecule has 2 aliphatic rings. The lowest BCUT2D eigenvalue weighted by molar-refractivity contribution is -0.105. The molecule has 8 heteroatoms. The number of nitrogens with zero attached hydrogens (tertiary/aromatic N) is 2. The Balaban J connectivity index is 1.45. The minimum atomic E-state index is -3.09. The molecular formula is C15H24N2O4S2. The van der Waals surface area contributed by atoms with Crippen molar-refractivity contribution in [3.8, 4) is 0 Å². The van der Waals surface area contributed by atoms with Crippen molar-refractivity contribution in [2.75, 3.05) is 32.1 Å². The molecule has 0 N–H and O–H groups in total. The van der Waals surface area contributed by atoms with Gasteiger partial charge in [0.15, 0.2) is 0 Å². The van der Waals surface area contributed by atoms with Crippen molar-refractivity contribution < 1.29 is 17.9 Å². The van der Waals surface area contributed by atoms with Gasteiger partial charge >= 0.3 is 0 Å². The summed E-state index contributed by atoms with van der Waals surface area (Å²) in [5.41, 5.74) is 0.705. The van der Waals surface area contributed by atoms with Gasteiger partial charge in [0, 0.05) is 31.7 Å². The fourth-order valence-electron chi connectivity index (χ4n) is 3.35. The monoisotopic (exact) mass is 360 g/mol. The zero-order valence-corrected chi connectivity index (χ0v) is 15.3. The summed E-state index contributed by atoms with van der Waals surface area (Å²) in [7, 11) is -3.09. The molecule has 1 aromatic rings. The van der Waals surface area contributed by atoms with Crippen LogP contribution in [0.15, 0.2) is 5.38 Å². The Kier molecular flexibility index (Phi) is 5.08. The van der Waals surface area contributed by atoms with E-state index in [9.17, 15) is 8.42 Å². The van der Waals surface area contributed by atoms with Gasteiger partial charge in [-0.05, 0) is 32.6 Å². The normalized spacial score (nSPS) is 24.2. The van der Waals surface area contributed by atoms with Crippen LogP contribution in [0.5, 0.6) is 0 Å². The van der Waals surface area contributed by atoms with E-state index >= 15 is 0 Å². The van der Waals surface area contributed by atoms with Gasteiger partial charge < -0.3 is 9.47 Å². The summed E-state index contributed by atoms with van der Waals surface area (Å²) in [5, 5.41) is 3.08. The third kappa shape index (κ3) is 3.61. The number of ether oxygens (including phenoxy) is 2. The first kappa shape index (κ1) is 17.3. The topological polar surface area (TPSA) is 68.7 Å². The molecule has 2 aliphatic heterocycles. The summed E-state index contributed by atoms with van der Waals surface area (Å²) in [6, 6.07) is 0. The largest absolute Gasteiger partial charge is 0.375 e. The molecule has 0 saturated carbocycles. The molecule has 1 spiro atoms. The Bertz CT molecular complexity index is 638. The highest BCUT2D eigenvalue weighted by Crippen LogP contribution is 2.42. The van der Waals surface area contributed by atoms with Gasteiger partial charge in [0.25, 0.3) is 0 Å². The van der Waals surface area contributed by atoms with Gasteiger partial charge in [-0.3, -0.25) is 0 Å². The van der Waals surface area contributed by atoms with Gasteiger partial charge in [-0.2, -0.15) is 4.31 Å². The SMILES string of the molecule is CCS(=O)(=O)N1CC2(C1)OCC[C@@H]2CCOCc1csc(C)n1. The first-order valence-electron chi connectivity index (χ1n) is 8.06. The number of hydrogen-bond acceptors (Lipinski definition) is 6. The van der Waals surface area contributed by atoms with Crippen molar-refractivity contribution in [3.63, 3.8) is 0 Å². The molecule has 3 rings (SSSR count). The second-order valence-corrected chi connectivity index (χ2v) is 9.59. The molecule has 130 valence electrons. The van der Waals surface area contributed by atoms with Crippen LogP contribution < -0.4 is 0 Å². The fourth-order valence-corrected chi connectivity index (χ4v) is 5.14. The summed E-state index contributed by atoms with van der Waals surface area (Å²) in [6.45, 7) is 6.59. The first-order chi connectivity index (χ1) is 11.0. The van der Waals surface area contributed by atoms with Crippen LogP contribution in [-0.2, 0) is 26.1 Å². The van der Waals surface area contributed by atoms with Crippen LogP contribution in [0.2, 0.25) is 0 Å². The number of rotatable bonds is 7.